The quantitative estimate of drug-likeness (QED) is 0.524. The largest absolute Gasteiger partial charge is 0.179 e. The van der Waals surface area contributed by atoms with Crippen LogP contribution in [0.5, 0.6) is 0 Å². The van der Waals surface area contributed by atoms with Gasteiger partial charge in [-0.15, -0.1) is 0 Å². The van der Waals surface area contributed by atoms with Gasteiger partial charge in [-0.2, -0.15) is 24.0 Å². The zero-order valence-corrected chi connectivity index (χ0v) is 9.04. The first kappa shape index (κ1) is 10.1. The molecule has 0 nitrogen and oxygen atoms in total. The van der Waals surface area contributed by atoms with Gasteiger partial charge >= 0.3 is 0 Å². The Labute approximate surface area is 84.4 Å². The van der Waals surface area contributed by atoms with E-state index < -0.39 is 0 Å². The molecule has 0 unspecified atom stereocenters. The molecule has 0 aromatic carbocycles. The van der Waals surface area contributed by atoms with Gasteiger partial charge in [0.15, 0.2) is 0 Å². The Morgan fingerprint density at radius 3 is 2.67 bits per heavy atom. The average Bonchev–Trinajstić information content (AvgIpc) is 2.57. The van der Waals surface area contributed by atoms with Crippen molar-refractivity contribution in [3.63, 3.8) is 0 Å². The second-order valence-corrected chi connectivity index (χ2v) is 4.25. The number of hydrogen-bond acceptors (Lipinski definition) is 2. The smallest absolute Gasteiger partial charge is 0.00613 e. The Hall–Kier alpha value is 0.0500. The molecule has 1 heterocycles. The summed E-state index contributed by atoms with van der Waals surface area (Å²) in [6.07, 6.45) is 6.57. The Kier molecular flexibility index (Phi) is 5.53. The second-order valence-electron chi connectivity index (χ2n) is 3.02. The first-order valence-electron chi connectivity index (χ1n) is 4.55. The molecular weight excluding hydrogens is 184 g/mol. The number of thiol groups is 1. The molecule has 1 aromatic rings. The second kappa shape index (κ2) is 6.55. The van der Waals surface area contributed by atoms with Crippen molar-refractivity contribution in [2.75, 3.05) is 5.75 Å². The monoisotopic (exact) mass is 200 g/mol. The van der Waals surface area contributed by atoms with E-state index in [4.69, 9.17) is 0 Å². The summed E-state index contributed by atoms with van der Waals surface area (Å²) in [5.41, 5.74) is 1.51. The zero-order chi connectivity index (χ0) is 8.65. The molecule has 0 amide bonds. The molecule has 0 radical (unpaired) electrons. The predicted octanol–water partition coefficient (Wildman–Crippen LogP) is 3.78. The molecule has 1 rings (SSSR count). The number of thiophene rings is 1. The fourth-order valence-electron chi connectivity index (χ4n) is 1.23. The molecular formula is C10H16S2. The van der Waals surface area contributed by atoms with Crippen LogP contribution in [0.3, 0.4) is 0 Å². The molecule has 0 saturated carbocycles. The molecule has 2 heteroatoms. The van der Waals surface area contributed by atoms with Crippen LogP contribution in [0.15, 0.2) is 16.8 Å². The average molecular weight is 200 g/mol. The van der Waals surface area contributed by atoms with Crippen molar-refractivity contribution in [3.8, 4) is 0 Å². The van der Waals surface area contributed by atoms with Gasteiger partial charge in [-0.05, 0) is 47.4 Å². The topological polar surface area (TPSA) is 0 Å². The van der Waals surface area contributed by atoms with E-state index in [0.29, 0.717) is 0 Å². The predicted molar refractivity (Wildman–Crippen MR) is 60.3 cm³/mol. The highest BCUT2D eigenvalue weighted by molar-refractivity contribution is 7.80. The van der Waals surface area contributed by atoms with Crippen LogP contribution < -0.4 is 0 Å². The van der Waals surface area contributed by atoms with Gasteiger partial charge in [-0.1, -0.05) is 12.8 Å². The molecule has 12 heavy (non-hydrogen) atoms. The minimum Gasteiger partial charge on any atom is -0.179 e. The van der Waals surface area contributed by atoms with Crippen LogP contribution in [0.1, 0.15) is 31.2 Å². The van der Waals surface area contributed by atoms with Gasteiger partial charge in [-0.3, -0.25) is 0 Å². The van der Waals surface area contributed by atoms with E-state index in [-0.39, 0.29) is 0 Å². The maximum Gasteiger partial charge on any atom is -0.00613 e. The van der Waals surface area contributed by atoms with Crippen LogP contribution in [0.2, 0.25) is 0 Å². The fraction of sp³-hybridized carbons (Fsp3) is 0.600. The van der Waals surface area contributed by atoms with Crippen LogP contribution in [0, 0.1) is 0 Å². The number of rotatable bonds is 6. The molecule has 0 spiro atoms. The zero-order valence-electron chi connectivity index (χ0n) is 7.33. The Bertz CT molecular complexity index is 180. The van der Waals surface area contributed by atoms with Crippen molar-refractivity contribution in [1.82, 2.24) is 0 Å². The van der Waals surface area contributed by atoms with Gasteiger partial charge < -0.3 is 0 Å². The van der Waals surface area contributed by atoms with Crippen molar-refractivity contribution in [2.45, 2.75) is 32.1 Å². The Balaban J connectivity index is 1.96. The van der Waals surface area contributed by atoms with Crippen molar-refractivity contribution < 1.29 is 0 Å². The molecule has 68 valence electrons. The summed E-state index contributed by atoms with van der Waals surface area (Å²) in [4.78, 5) is 0. The highest BCUT2D eigenvalue weighted by Gasteiger charge is 1.92. The number of unbranched alkanes of at least 4 members (excludes halogenated alkanes) is 3. The minimum atomic E-state index is 1.04. The van der Waals surface area contributed by atoms with Crippen molar-refractivity contribution in [2.24, 2.45) is 0 Å². The maximum atomic E-state index is 4.18. The first-order chi connectivity index (χ1) is 5.93. The Morgan fingerprint density at radius 2 is 2.00 bits per heavy atom. The highest BCUT2D eigenvalue weighted by atomic mass is 32.1. The van der Waals surface area contributed by atoms with E-state index >= 15 is 0 Å². The van der Waals surface area contributed by atoms with Crippen LogP contribution in [-0.2, 0) is 6.42 Å². The van der Waals surface area contributed by atoms with Gasteiger partial charge in [0.2, 0.25) is 0 Å². The Morgan fingerprint density at radius 1 is 1.17 bits per heavy atom. The van der Waals surface area contributed by atoms with E-state index in [1.807, 2.05) is 0 Å². The summed E-state index contributed by atoms with van der Waals surface area (Å²) < 4.78 is 0. The summed E-state index contributed by atoms with van der Waals surface area (Å²) in [5.74, 6) is 1.04. The van der Waals surface area contributed by atoms with Gasteiger partial charge in [0.25, 0.3) is 0 Å². The molecule has 0 N–H and O–H groups in total. The summed E-state index contributed by atoms with van der Waals surface area (Å²) in [5, 5.41) is 4.40. The third kappa shape index (κ3) is 4.17. The number of hydrogen-bond donors (Lipinski definition) is 1. The molecule has 0 saturated heterocycles. The number of aryl methyl sites for hydroxylation is 1. The molecule has 0 atom stereocenters. The van der Waals surface area contributed by atoms with Gasteiger partial charge in [-0.25, -0.2) is 0 Å². The minimum absolute atomic E-state index is 1.04. The summed E-state index contributed by atoms with van der Waals surface area (Å²) in [6.45, 7) is 0. The maximum absolute atomic E-state index is 4.18. The van der Waals surface area contributed by atoms with E-state index in [1.54, 1.807) is 11.3 Å². The highest BCUT2D eigenvalue weighted by Crippen LogP contribution is 2.11. The lowest BCUT2D eigenvalue weighted by Crippen LogP contribution is -1.83. The van der Waals surface area contributed by atoms with Gasteiger partial charge in [0.1, 0.15) is 0 Å². The summed E-state index contributed by atoms with van der Waals surface area (Å²) in [7, 11) is 0. The van der Waals surface area contributed by atoms with Crippen LogP contribution in [-0.4, -0.2) is 5.75 Å². The van der Waals surface area contributed by atoms with Crippen molar-refractivity contribution in [1.29, 1.82) is 0 Å². The van der Waals surface area contributed by atoms with Crippen molar-refractivity contribution >= 4 is 24.0 Å². The molecule has 0 aliphatic rings. The SMILES string of the molecule is SCCCCCCc1ccsc1. The standard InChI is InChI=1S/C10H16S2/c11-7-4-2-1-3-5-10-6-8-12-9-10/h6,8-9,11H,1-5,7H2. The van der Waals surface area contributed by atoms with E-state index in [0.717, 1.165) is 5.75 Å². The van der Waals surface area contributed by atoms with E-state index in [2.05, 4.69) is 29.5 Å². The van der Waals surface area contributed by atoms with Gasteiger partial charge in [0.05, 0.1) is 0 Å². The summed E-state index contributed by atoms with van der Waals surface area (Å²) >= 11 is 5.98. The van der Waals surface area contributed by atoms with E-state index in [1.165, 1.54) is 37.7 Å². The molecule has 0 aliphatic carbocycles. The normalized spacial score (nSPS) is 10.4. The first-order valence-corrected chi connectivity index (χ1v) is 6.13. The molecule has 0 bridgehead atoms. The third-order valence-corrected chi connectivity index (χ3v) is 3.00. The third-order valence-electron chi connectivity index (χ3n) is 1.95. The van der Waals surface area contributed by atoms with Crippen LogP contribution in [0.4, 0.5) is 0 Å². The van der Waals surface area contributed by atoms with Crippen LogP contribution >= 0.6 is 24.0 Å². The molecule has 1 aromatic heterocycles. The lowest BCUT2D eigenvalue weighted by atomic mass is 10.1. The fourth-order valence-corrected chi connectivity index (χ4v) is 2.16. The molecule has 0 aliphatic heterocycles. The van der Waals surface area contributed by atoms with E-state index in [9.17, 15) is 0 Å². The van der Waals surface area contributed by atoms with Crippen molar-refractivity contribution in [3.05, 3.63) is 22.4 Å². The van der Waals surface area contributed by atoms with Crippen LogP contribution in [0.25, 0.3) is 0 Å². The molecule has 0 fully saturated rings. The lowest BCUT2D eigenvalue weighted by molar-refractivity contribution is 0.671. The van der Waals surface area contributed by atoms with Gasteiger partial charge in [0, 0.05) is 0 Å². The lowest BCUT2D eigenvalue weighted by Gasteiger charge is -1.97. The summed E-state index contributed by atoms with van der Waals surface area (Å²) in [6, 6.07) is 2.23.